The van der Waals surface area contributed by atoms with Crippen molar-refractivity contribution in [2.75, 3.05) is 13.2 Å². The molecular formula is C36H46N4O12. The molecule has 0 spiro atoms. The van der Waals surface area contributed by atoms with Gasteiger partial charge in [-0.25, -0.2) is 0 Å². The molecule has 6 fully saturated rings. The molecule has 6 aliphatic rings. The van der Waals surface area contributed by atoms with Gasteiger partial charge in [-0.05, 0) is 79.7 Å². The zero-order valence-electron chi connectivity index (χ0n) is 30.4. The smallest absolute Gasteiger partial charge is 0.253 e. The molecule has 8 heterocycles. The summed E-state index contributed by atoms with van der Waals surface area (Å²) in [4.78, 5) is 37.6. The second-order valence-electron chi connectivity index (χ2n) is 15.7. The molecule has 52 heavy (non-hydrogen) atoms. The van der Waals surface area contributed by atoms with Gasteiger partial charge in [0, 0.05) is 12.4 Å². The molecule has 0 aromatic carbocycles. The van der Waals surface area contributed by atoms with Gasteiger partial charge in [0.2, 0.25) is 0 Å². The van der Waals surface area contributed by atoms with E-state index >= 15 is 0 Å². The molecule has 6 saturated heterocycles. The van der Waals surface area contributed by atoms with Crippen molar-refractivity contribution in [3.8, 4) is 11.4 Å². The molecule has 2 amide bonds. The molecule has 6 aliphatic heterocycles. The van der Waals surface area contributed by atoms with Crippen molar-refractivity contribution in [2.45, 2.75) is 140 Å². The lowest BCUT2D eigenvalue weighted by Crippen LogP contribution is -2.53. The molecule has 16 heteroatoms. The molecule has 8 rings (SSSR count). The van der Waals surface area contributed by atoms with E-state index in [1.54, 1.807) is 64.4 Å². The Balaban J connectivity index is 1.06. The Kier molecular flexibility index (Phi) is 8.77. The number of carbonyl (C=O) groups excluding carboxylic acids is 2. The Morgan fingerprint density at radius 3 is 1.35 bits per heavy atom. The number of ether oxygens (including phenoxy) is 10. The van der Waals surface area contributed by atoms with Crippen molar-refractivity contribution in [3.63, 3.8) is 0 Å². The van der Waals surface area contributed by atoms with Crippen LogP contribution in [-0.4, -0.2) is 119 Å². The first-order valence-electron chi connectivity index (χ1n) is 17.7. The quantitative estimate of drug-likeness (QED) is 0.425. The molecule has 2 N–H and O–H groups in total. The van der Waals surface area contributed by atoms with Gasteiger partial charge < -0.3 is 58.0 Å². The normalized spacial score (nSPS) is 37.8. The summed E-state index contributed by atoms with van der Waals surface area (Å²) in [5.41, 5.74) is 0.789. The van der Waals surface area contributed by atoms with Crippen LogP contribution in [0.3, 0.4) is 0 Å². The highest BCUT2D eigenvalue weighted by atomic mass is 16.9. The number of hydrogen-bond acceptors (Lipinski definition) is 14. The zero-order valence-corrected chi connectivity index (χ0v) is 30.4. The monoisotopic (exact) mass is 726 g/mol. The lowest BCUT2D eigenvalue weighted by Gasteiger charge is -2.30. The number of nitrogens with zero attached hydrogens (tertiary/aromatic N) is 2. The average molecular weight is 727 g/mol. The first-order chi connectivity index (χ1) is 24.5. The minimum atomic E-state index is -0.923. The van der Waals surface area contributed by atoms with Gasteiger partial charge in [-0.2, -0.15) is 0 Å². The fraction of sp³-hybridized carbons (Fsp3) is 0.667. The summed E-state index contributed by atoms with van der Waals surface area (Å²) in [5.74, 6) is -4.43. The summed E-state index contributed by atoms with van der Waals surface area (Å²) in [6, 6.07) is 5.21. The van der Waals surface area contributed by atoms with E-state index in [4.69, 9.17) is 47.4 Å². The van der Waals surface area contributed by atoms with E-state index in [9.17, 15) is 9.59 Å². The Morgan fingerprint density at radius 1 is 0.577 bits per heavy atom. The number of pyridine rings is 2. The predicted octanol–water partition coefficient (Wildman–Crippen LogP) is 2.40. The van der Waals surface area contributed by atoms with Crippen LogP contribution >= 0.6 is 0 Å². The van der Waals surface area contributed by atoms with E-state index in [-0.39, 0.29) is 35.7 Å². The second-order valence-corrected chi connectivity index (χ2v) is 15.7. The number of nitrogens with one attached hydrogen (secondary N) is 2. The lowest BCUT2D eigenvalue weighted by atomic mass is 10.00. The van der Waals surface area contributed by atoms with Gasteiger partial charge in [0.15, 0.2) is 35.7 Å². The second kappa shape index (κ2) is 12.7. The minimum Gasteiger partial charge on any atom is -0.348 e. The minimum absolute atomic E-state index is 0.190. The molecule has 2 aromatic rings. The Bertz CT molecular complexity index is 1600. The van der Waals surface area contributed by atoms with E-state index in [1.807, 2.05) is 27.7 Å². The van der Waals surface area contributed by atoms with E-state index in [0.717, 1.165) is 0 Å². The fourth-order valence-electron chi connectivity index (χ4n) is 7.80. The van der Waals surface area contributed by atoms with E-state index in [1.165, 1.54) is 0 Å². The summed E-state index contributed by atoms with van der Waals surface area (Å²) in [6.45, 7) is 15.0. The van der Waals surface area contributed by atoms with Crippen LogP contribution in [-0.2, 0) is 47.4 Å². The van der Waals surface area contributed by atoms with E-state index < -0.39 is 96.3 Å². The highest BCUT2D eigenvalue weighted by Crippen LogP contribution is 2.43. The van der Waals surface area contributed by atoms with Crippen LogP contribution in [0.1, 0.15) is 76.1 Å². The molecule has 282 valence electrons. The van der Waals surface area contributed by atoms with Gasteiger partial charge in [-0.1, -0.05) is 0 Å². The van der Waals surface area contributed by atoms with Gasteiger partial charge in [-0.3, -0.25) is 19.6 Å². The Morgan fingerprint density at radius 2 is 0.981 bits per heavy atom. The average Bonchev–Trinajstić information content (AvgIpc) is 3.89. The third kappa shape index (κ3) is 6.74. The number of amides is 2. The first kappa shape index (κ1) is 35.8. The van der Waals surface area contributed by atoms with Gasteiger partial charge in [0.05, 0.1) is 36.4 Å². The summed E-state index contributed by atoms with van der Waals surface area (Å²) >= 11 is 0. The first-order valence-corrected chi connectivity index (χ1v) is 17.7. The SMILES string of the molecule is CC1(C)O[C@H]2O[C@H]([C@H]3COC(C)(C)O3)[C@@H](NC(=O)c3cccnc3-c3ncccc3C(=O)N[C@H]3[C@H]4OC(C)(C)O[C@H]4O[C@@H]3[C@H]3COC(C)(C)O3)[C@H]2O1. The molecule has 0 aliphatic carbocycles. The standard InChI is InChI=1S/C36H46N4O12/c1-33(2)43-15-19(47-33)25-23(27-31(45-25)51-35(5,6)49-27)39-29(41)17-11-9-13-37-21(17)22-18(12-10-14-38-22)30(42)40-24-26(20-16-44-34(3,4)48-20)46-32-28(24)50-36(7,8)52-32/h9-14,19-20,23-28,31-32H,15-16H2,1-8H3,(H,39,41)(H,40,42)/t19-,20-,23-,24-,25-,26-,27-,28-,31-,32-/m1/s1. The molecule has 10 atom stereocenters. The van der Waals surface area contributed by atoms with Gasteiger partial charge in [0.1, 0.15) is 48.0 Å². The highest BCUT2D eigenvalue weighted by Gasteiger charge is 2.60. The summed E-state index contributed by atoms with van der Waals surface area (Å²) < 4.78 is 60.9. The Hall–Kier alpha value is -3.16. The van der Waals surface area contributed by atoms with E-state index in [0.29, 0.717) is 0 Å². The predicted molar refractivity (Wildman–Crippen MR) is 177 cm³/mol. The number of fused-ring (bicyclic) bond motifs is 2. The van der Waals surface area contributed by atoms with Crippen LogP contribution in [0.5, 0.6) is 0 Å². The third-order valence-electron chi connectivity index (χ3n) is 9.89. The van der Waals surface area contributed by atoms with Crippen LogP contribution in [0.25, 0.3) is 11.4 Å². The molecule has 0 unspecified atom stereocenters. The fourth-order valence-corrected chi connectivity index (χ4v) is 7.80. The van der Waals surface area contributed by atoms with Crippen LogP contribution in [0.4, 0.5) is 0 Å². The third-order valence-corrected chi connectivity index (χ3v) is 9.89. The summed E-state index contributed by atoms with van der Waals surface area (Å²) in [5, 5.41) is 6.21. The molecule has 0 radical (unpaired) electrons. The van der Waals surface area contributed by atoms with Gasteiger partial charge in [-0.15, -0.1) is 0 Å². The largest absolute Gasteiger partial charge is 0.348 e. The Labute approximate surface area is 301 Å². The van der Waals surface area contributed by atoms with Crippen molar-refractivity contribution in [1.82, 2.24) is 20.6 Å². The lowest BCUT2D eigenvalue weighted by molar-refractivity contribution is -0.223. The molecule has 2 aromatic heterocycles. The topological polar surface area (TPSA) is 176 Å². The number of aromatic nitrogens is 2. The summed E-state index contributed by atoms with van der Waals surface area (Å²) in [6.07, 6.45) is -1.87. The summed E-state index contributed by atoms with van der Waals surface area (Å²) in [7, 11) is 0. The molecule has 0 bridgehead atoms. The van der Waals surface area contributed by atoms with Crippen molar-refractivity contribution in [3.05, 3.63) is 47.8 Å². The molecular weight excluding hydrogens is 680 g/mol. The van der Waals surface area contributed by atoms with Crippen LogP contribution in [0.15, 0.2) is 36.7 Å². The molecule has 16 nitrogen and oxygen atoms in total. The molecule has 0 saturated carbocycles. The van der Waals surface area contributed by atoms with Crippen molar-refractivity contribution in [1.29, 1.82) is 0 Å². The van der Waals surface area contributed by atoms with Crippen molar-refractivity contribution >= 4 is 11.8 Å². The number of rotatable bonds is 7. The van der Waals surface area contributed by atoms with Gasteiger partial charge >= 0.3 is 0 Å². The maximum atomic E-state index is 14.2. The maximum absolute atomic E-state index is 14.2. The zero-order chi connectivity index (χ0) is 36.8. The highest BCUT2D eigenvalue weighted by molar-refractivity contribution is 6.04. The van der Waals surface area contributed by atoms with Crippen molar-refractivity contribution < 1.29 is 57.0 Å². The van der Waals surface area contributed by atoms with Crippen LogP contribution in [0.2, 0.25) is 0 Å². The number of carbonyl (C=O) groups is 2. The van der Waals surface area contributed by atoms with Crippen molar-refractivity contribution in [2.24, 2.45) is 0 Å². The van der Waals surface area contributed by atoms with Gasteiger partial charge in [0.25, 0.3) is 11.8 Å². The van der Waals surface area contributed by atoms with Crippen LogP contribution < -0.4 is 10.6 Å². The number of hydrogen-bond donors (Lipinski definition) is 2. The van der Waals surface area contributed by atoms with E-state index in [2.05, 4.69) is 20.6 Å². The maximum Gasteiger partial charge on any atom is 0.253 e. The van der Waals surface area contributed by atoms with Crippen LogP contribution in [0, 0.1) is 0 Å².